The van der Waals surface area contributed by atoms with Crippen molar-refractivity contribution >= 4 is 11.9 Å². The van der Waals surface area contributed by atoms with Crippen molar-refractivity contribution in [3.8, 4) is 0 Å². The fraction of sp³-hybridized carbons (Fsp3) is 0.429. The minimum Gasteiger partial charge on any atom is -0.479 e. The number of rotatable bonds is 3. The number of amides is 1. The molecule has 2 rings (SSSR count). The third-order valence-electron chi connectivity index (χ3n) is 3.42. The Bertz CT molecular complexity index is 498. The molecule has 0 aliphatic carbocycles. The molecule has 1 aromatic rings. The van der Waals surface area contributed by atoms with Crippen LogP contribution < -0.4 is 0 Å². The molecule has 0 spiro atoms. The fourth-order valence-corrected chi connectivity index (χ4v) is 2.48. The minimum absolute atomic E-state index is 0.173. The normalized spacial score (nSPS) is 23.5. The highest BCUT2D eigenvalue weighted by Gasteiger charge is 2.41. The Labute approximate surface area is 111 Å². The molecule has 2 unspecified atom stereocenters. The molecule has 1 aliphatic heterocycles. The van der Waals surface area contributed by atoms with Gasteiger partial charge in [-0.3, -0.25) is 4.79 Å². The first-order chi connectivity index (χ1) is 9.06. The lowest BCUT2D eigenvalue weighted by molar-refractivity contribution is -0.172. The van der Waals surface area contributed by atoms with E-state index in [9.17, 15) is 14.7 Å². The average molecular weight is 263 g/mol. The third kappa shape index (κ3) is 2.46. The number of carbonyl (C=O) groups excluding carboxylic acids is 1. The van der Waals surface area contributed by atoms with Crippen LogP contribution in [0.3, 0.4) is 0 Å². The summed E-state index contributed by atoms with van der Waals surface area (Å²) in [6, 6.07) is 6.91. The van der Waals surface area contributed by atoms with E-state index in [1.807, 2.05) is 38.1 Å². The van der Waals surface area contributed by atoms with Gasteiger partial charge >= 0.3 is 5.97 Å². The van der Waals surface area contributed by atoms with E-state index in [0.29, 0.717) is 6.54 Å². The van der Waals surface area contributed by atoms with E-state index >= 15 is 0 Å². The summed E-state index contributed by atoms with van der Waals surface area (Å²) < 4.78 is 5.22. The Morgan fingerprint density at radius 3 is 2.74 bits per heavy atom. The Morgan fingerprint density at radius 2 is 2.16 bits per heavy atom. The van der Waals surface area contributed by atoms with Gasteiger partial charge in [0.2, 0.25) is 5.91 Å². The van der Waals surface area contributed by atoms with E-state index in [4.69, 9.17) is 4.74 Å². The Hall–Kier alpha value is -1.88. The fourth-order valence-electron chi connectivity index (χ4n) is 2.48. The van der Waals surface area contributed by atoms with Gasteiger partial charge in [0, 0.05) is 6.54 Å². The number of aryl methyl sites for hydroxylation is 1. The van der Waals surface area contributed by atoms with Gasteiger partial charge in [-0.1, -0.05) is 24.3 Å². The van der Waals surface area contributed by atoms with Gasteiger partial charge in [-0.15, -0.1) is 0 Å². The summed E-state index contributed by atoms with van der Waals surface area (Å²) in [5.74, 6) is -1.22. The van der Waals surface area contributed by atoms with Crippen LogP contribution in [0.1, 0.15) is 24.1 Å². The number of aliphatic carboxylic acids is 1. The predicted molar refractivity (Wildman–Crippen MR) is 68.7 cm³/mol. The minimum atomic E-state index is -1.04. The smallest absolute Gasteiger partial charge is 0.335 e. The maximum absolute atomic E-state index is 11.9. The SMILES string of the molecule is CCN1C(=O)COC(C(=O)O)C1c1ccccc1C. The van der Waals surface area contributed by atoms with Gasteiger partial charge in [0.25, 0.3) is 0 Å². The van der Waals surface area contributed by atoms with Gasteiger partial charge in [0.15, 0.2) is 6.10 Å². The van der Waals surface area contributed by atoms with Crippen molar-refractivity contribution in [3.63, 3.8) is 0 Å². The zero-order valence-electron chi connectivity index (χ0n) is 11.0. The molecule has 0 aromatic heterocycles. The zero-order chi connectivity index (χ0) is 14.0. The largest absolute Gasteiger partial charge is 0.479 e. The molecule has 102 valence electrons. The molecule has 0 bridgehead atoms. The maximum atomic E-state index is 11.9. The number of carboxylic acids is 1. The second-order valence-electron chi connectivity index (χ2n) is 4.55. The molecule has 1 fully saturated rings. The van der Waals surface area contributed by atoms with Crippen LogP contribution in [0.25, 0.3) is 0 Å². The van der Waals surface area contributed by atoms with E-state index in [1.165, 1.54) is 0 Å². The maximum Gasteiger partial charge on any atom is 0.335 e. The Kier molecular flexibility index (Phi) is 3.85. The molecule has 1 saturated heterocycles. The predicted octanol–water partition coefficient (Wildman–Crippen LogP) is 1.37. The molecule has 19 heavy (non-hydrogen) atoms. The van der Waals surface area contributed by atoms with Crippen molar-refractivity contribution in [1.29, 1.82) is 0 Å². The molecule has 1 aliphatic rings. The van der Waals surface area contributed by atoms with Gasteiger partial charge in [-0.25, -0.2) is 4.79 Å². The molecule has 5 heteroatoms. The summed E-state index contributed by atoms with van der Waals surface area (Å²) in [6.45, 7) is 4.03. The standard InChI is InChI=1S/C14H17NO4/c1-3-15-11(16)8-19-13(14(17)18)12(15)10-7-5-4-6-9(10)2/h4-7,12-13H,3,8H2,1-2H3,(H,17,18). The van der Waals surface area contributed by atoms with Crippen LogP contribution in [0.15, 0.2) is 24.3 Å². The number of carboxylic acid groups (broad SMARTS) is 1. The molecular weight excluding hydrogens is 246 g/mol. The average Bonchev–Trinajstić information content (AvgIpc) is 2.38. The van der Waals surface area contributed by atoms with Gasteiger partial charge in [0.05, 0.1) is 6.04 Å². The summed E-state index contributed by atoms with van der Waals surface area (Å²) in [5, 5.41) is 9.30. The molecule has 1 N–H and O–H groups in total. The van der Waals surface area contributed by atoms with Crippen molar-refractivity contribution in [2.24, 2.45) is 0 Å². The van der Waals surface area contributed by atoms with E-state index < -0.39 is 18.1 Å². The quantitative estimate of drug-likeness (QED) is 0.894. The summed E-state index contributed by atoms with van der Waals surface area (Å²) in [6.07, 6.45) is -1.02. The van der Waals surface area contributed by atoms with Crippen molar-refractivity contribution in [2.75, 3.05) is 13.2 Å². The van der Waals surface area contributed by atoms with Crippen molar-refractivity contribution in [1.82, 2.24) is 4.90 Å². The van der Waals surface area contributed by atoms with Crippen LogP contribution in [0, 0.1) is 6.92 Å². The number of likely N-dealkylation sites (N-methyl/N-ethyl adjacent to an activating group) is 1. The molecule has 2 atom stereocenters. The van der Waals surface area contributed by atoms with Crippen LogP contribution >= 0.6 is 0 Å². The number of benzene rings is 1. The van der Waals surface area contributed by atoms with E-state index in [0.717, 1.165) is 11.1 Å². The molecule has 0 radical (unpaired) electrons. The molecule has 1 aromatic carbocycles. The second kappa shape index (κ2) is 5.40. The van der Waals surface area contributed by atoms with Crippen LogP contribution in [-0.4, -0.2) is 41.1 Å². The number of hydrogen-bond donors (Lipinski definition) is 1. The zero-order valence-corrected chi connectivity index (χ0v) is 11.0. The molecule has 1 amide bonds. The molecule has 0 saturated carbocycles. The number of nitrogens with zero attached hydrogens (tertiary/aromatic N) is 1. The summed E-state index contributed by atoms with van der Waals surface area (Å²) in [5.41, 5.74) is 1.78. The van der Waals surface area contributed by atoms with Crippen molar-refractivity contribution in [3.05, 3.63) is 35.4 Å². The highest BCUT2D eigenvalue weighted by atomic mass is 16.5. The van der Waals surface area contributed by atoms with Gasteiger partial charge in [-0.2, -0.15) is 0 Å². The lowest BCUT2D eigenvalue weighted by Gasteiger charge is -2.39. The molecule has 1 heterocycles. The van der Waals surface area contributed by atoms with Crippen LogP contribution in [0.5, 0.6) is 0 Å². The van der Waals surface area contributed by atoms with E-state index in [1.54, 1.807) is 4.90 Å². The second-order valence-corrected chi connectivity index (χ2v) is 4.55. The van der Waals surface area contributed by atoms with Crippen LogP contribution in [0.4, 0.5) is 0 Å². The topological polar surface area (TPSA) is 66.8 Å². The summed E-state index contributed by atoms with van der Waals surface area (Å²) in [4.78, 5) is 24.8. The molecular formula is C14H17NO4. The lowest BCUT2D eigenvalue weighted by Crippen LogP contribution is -2.51. The number of ether oxygens (including phenoxy) is 1. The first kappa shape index (κ1) is 13.5. The monoisotopic (exact) mass is 263 g/mol. The van der Waals surface area contributed by atoms with E-state index in [2.05, 4.69) is 0 Å². The lowest BCUT2D eigenvalue weighted by atomic mass is 9.94. The van der Waals surface area contributed by atoms with Crippen LogP contribution in [-0.2, 0) is 14.3 Å². The first-order valence-corrected chi connectivity index (χ1v) is 6.25. The van der Waals surface area contributed by atoms with Crippen molar-refractivity contribution in [2.45, 2.75) is 26.0 Å². The highest BCUT2D eigenvalue weighted by molar-refractivity contribution is 5.83. The van der Waals surface area contributed by atoms with E-state index in [-0.39, 0.29) is 12.5 Å². The van der Waals surface area contributed by atoms with Gasteiger partial charge in [-0.05, 0) is 25.0 Å². The number of hydrogen-bond acceptors (Lipinski definition) is 3. The Morgan fingerprint density at radius 1 is 1.47 bits per heavy atom. The number of carbonyl (C=O) groups is 2. The number of morpholine rings is 1. The van der Waals surface area contributed by atoms with Gasteiger partial charge in [0.1, 0.15) is 6.61 Å². The molecule has 5 nitrogen and oxygen atoms in total. The highest BCUT2D eigenvalue weighted by Crippen LogP contribution is 2.32. The van der Waals surface area contributed by atoms with Gasteiger partial charge < -0.3 is 14.7 Å². The third-order valence-corrected chi connectivity index (χ3v) is 3.42. The summed E-state index contributed by atoms with van der Waals surface area (Å²) in [7, 11) is 0. The summed E-state index contributed by atoms with van der Waals surface area (Å²) >= 11 is 0. The van der Waals surface area contributed by atoms with Crippen LogP contribution in [0.2, 0.25) is 0 Å². The van der Waals surface area contributed by atoms with Crippen molar-refractivity contribution < 1.29 is 19.4 Å². The first-order valence-electron chi connectivity index (χ1n) is 6.25. The Balaban J connectivity index is 2.47.